The SMILES string of the molecule is CCCC(CCC)C(=O)N[C@@H]1CC(=O)N(c2ccc(OC)cc2)C1. The summed E-state index contributed by atoms with van der Waals surface area (Å²) < 4.78 is 5.14. The Bertz CT molecular complexity index is 550. The summed E-state index contributed by atoms with van der Waals surface area (Å²) in [6.45, 7) is 4.72. The van der Waals surface area contributed by atoms with E-state index in [1.54, 1.807) is 12.0 Å². The first-order valence-electron chi connectivity index (χ1n) is 8.83. The summed E-state index contributed by atoms with van der Waals surface area (Å²) in [5, 5.41) is 3.08. The second kappa shape index (κ2) is 8.71. The van der Waals surface area contributed by atoms with Crippen molar-refractivity contribution in [2.45, 2.75) is 52.0 Å². The smallest absolute Gasteiger partial charge is 0.229 e. The average molecular weight is 332 g/mol. The second-order valence-corrected chi connectivity index (χ2v) is 6.39. The number of benzene rings is 1. The van der Waals surface area contributed by atoms with Crippen molar-refractivity contribution in [3.63, 3.8) is 0 Å². The van der Waals surface area contributed by atoms with E-state index in [0.717, 1.165) is 37.1 Å². The van der Waals surface area contributed by atoms with E-state index in [9.17, 15) is 9.59 Å². The standard InChI is InChI=1S/C19H28N2O3/c1-4-6-14(7-5-2)19(23)20-15-12-18(22)21(13-15)16-8-10-17(24-3)11-9-16/h8-11,14-15H,4-7,12-13H2,1-3H3,(H,20,23)/t15-/m1/s1. The summed E-state index contributed by atoms with van der Waals surface area (Å²) in [6, 6.07) is 7.32. The van der Waals surface area contributed by atoms with E-state index in [2.05, 4.69) is 19.2 Å². The van der Waals surface area contributed by atoms with Crippen LogP contribution in [0.15, 0.2) is 24.3 Å². The maximum atomic E-state index is 12.5. The third kappa shape index (κ3) is 4.49. The fraction of sp³-hybridized carbons (Fsp3) is 0.579. The minimum Gasteiger partial charge on any atom is -0.497 e. The molecule has 1 aromatic rings. The van der Waals surface area contributed by atoms with Gasteiger partial charge in [-0.3, -0.25) is 9.59 Å². The first kappa shape index (κ1) is 18.3. The molecule has 2 rings (SSSR count). The lowest BCUT2D eigenvalue weighted by Crippen LogP contribution is -2.40. The number of nitrogens with zero attached hydrogens (tertiary/aromatic N) is 1. The molecule has 1 atom stereocenters. The predicted octanol–water partition coefficient (Wildman–Crippen LogP) is 3.13. The first-order valence-corrected chi connectivity index (χ1v) is 8.83. The molecule has 1 aromatic carbocycles. The molecule has 1 N–H and O–H groups in total. The van der Waals surface area contributed by atoms with E-state index >= 15 is 0 Å². The lowest BCUT2D eigenvalue weighted by Gasteiger charge is -2.20. The predicted molar refractivity (Wildman–Crippen MR) is 95.2 cm³/mol. The summed E-state index contributed by atoms with van der Waals surface area (Å²) in [5.74, 6) is 0.962. The van der Waals surface area contributed by atoms with Crippen molar-refractivity contribution in [2.24, 2.45) is 5.92 Å². The van der Waals surface area contributed by atoms with Gasteiger partial charge in [-0.25, -0.2) is 0 Å². The van der Waals surface area contributed by atoms with Crippen LogP contribution in [-0.2, 0) is 9.59 Å². The topological polar surface area (TPSA) is 58.6 Å². The number of hydrogen-bond acceptors (Lipinski definition) is 3. The fourth-order valence-corrected chi connectivity index (χ4v) is 3.24. The summed E-state index contributed by atoms with van der Waals surface area (Å²) in [7, 11) is 1.62. The molecule has 1 fully saturated rings. The zero-order valence-corrected chi connectivity index (χ0v) is 14.9. The number of nitrogens with one attached hydrogen (secondary N) is 1. The molecule has 0 saturated carbocycles. The van der Waals surface area contributed by atoms with Gasteiger partial charge in [-0.1, -0.05) is 26.7 Å². The normalized spacial score (nSPS) is 17.4. The molecule has 1 aliphatic rings. The number of carbonyl (C=O) groups is 2. The van der Waals surface area contributed by atoms with E-state index in [4.69, 9.17) is 4.74 Å². The van der Waals surface area contributed by atoms with E-state index in [1.807, 2.05) is 24.3 Å². The molecule has 2 amide bonds. The molecule has 24 heavy (non-hydrogen) atoms. The van der Waals surface area contributed by atoms with Crippen LogP contribution in [0.2, 0.25) is 0 Å². The quantitative estimate of drug-likeness (QED) is 0.795. The Morgan fingerprint density at radius 3 is 2.42 bits per heavy atom. The van der Waals surface area contributed by atoms with Gasteiger partial charge in [-0.15, -0.1) is 0 Å². The van der Waals surface area contributed by atoms with E-state index in [1.165, 1.54) is 0 Å². The van der Waals surface area contributed by atoms with Crippen LogP contribution in [0.1, 0.15) is 46.0 Å². The number of rotatable bonds is 8. The van der Waals surface area contributed by atoms with Gasteiger partial charge in [-0.2, -0.15) is 0 Å². The molecule has 1 saturated heterocycles. The van der Waals surface area contributed by atoms with Crippen LogP contribution >= 0.6 is 0 Å². The van der Waals surface area contributed by atoms with Crippen molar-refractivity contribution in [1.82, 2.24) is 5.32 Å². The van der Waals surface area contributed by atoms with Gasteiger partial charge >= 0.3 is 0 Å². The van der Waals surface area contributed by atoms with Gasteiger partial charge in [0, 0.05) is 24.6 Å². The van der Waals surface area contributed by atoms with Gasteiger partial charge in [0.1, 0.15) is 5.75 Å². The van der Waals surface area contributed by atoms with Crippen LogP contribution in [0.3, 0.4) is 0 Å². The third-order valence-electron chi connectivity index (χ3n) is 4.50. The number of methoxy groups -OCH3 is 1. The Labute approximate surface area is 144 Å². The molecule has 1 aliphatic heterocycles. The zero-order chi connectivity index (χ0) is 17.5. The summed E-state index contributed by atoms with van der Waals surface area (Å²) in [6.07, 6.45) is 4.17. The van der Waals surface area contributed by atoms with Gasteiger partial charge in [0.25, 0.3) is 0 Å². The Hall–Kier alpha value is -2.04. The van der Waals surface area contributed by atoms with Gasteiger partial charge in [0.05, 0.1) is 13.2 Å². The number of ether oxygens (including phenoxy) is 1. The van der Waals surface area contributed by atoms with Crippen molar-refractivity contribution >= 4 is 17.5 Å². The zero-order valence-electron chi connectivity index (χ0n) is 14.9. The number of anilines is 1. The molecule has 1 heterocycles. The van der Waals surface area contributed by atoms with Crippen LogP contribution in [-0.4, -0.2) is 31.5 Å². The number of carbonyl (C=O) groups excluding carboxylic acids is 2. The van der Waals surface area contributed by atoms with Crippen LogP contribution in [0.25, 0.3) is 0 Å². The molecule has 0 spiro atoms. The van der Waals surface area contributed by atoms with E-state index < -0.39 is 0 Å². The second-order valence-electron chi connectivity index (χ2n) is 6.39. The summed E-state index contributed by atoms with van der Waals surface area (Å²) >= 11 is 0. The molecule has 132 valence electrons. The van der Waals surface area contributed by atoms with Crippen LogP contribution in [0.5, 0.6) is 5.75 Å². The Balaban J connectivity index is 1.96. The molecule has 0 radical (unpaired) electrons. The molecular weight excluding hydrogens is 304 g/mol. The third-order valence-corrected chi connectivity index (χ3v) is 4.50. The molecule has 5 nitrogen and oxygen atoms in total. The van der Waals surface area contributed by atoms with Crippen molar-refractivity contribution in [3.8, 4) is 5.75 Å². The van der Waals surface area contributed by atoms with Crippen LogP contribution in [0, 0.1) is 5.92 Å². The Kier molecular flexibility index (Phi) is 6.64. The maximum Gasteiger partial charge on any atom is 0.229 e. The summed E-state index contributed by atoms with van der Waals surface area (Å²) in [4.78, 5) is 26.5. The van der Waals surface area contributed by atoms with Crippen LogP contribution in [0.4, 0.5) is 5.69 Å². The molecule has 0 bridgehead atoms. The fourth-order valence-electron chi connectivity index (χ4n) is 3.24. The van der Waals surface area contributed by atoms with Crippen molar-refractivity contribution in [1.29, 1.82) is 0 Å². The van der Waals surface area contributed by atoms with Gasteiger partial charge < -0.3 is 15.0 Å². The highest BCUT2D eigenvalue weighted by molar-refractivity contribution is 5.97. The summed E-state index contributed by atoms with van der Waals surface area (Å²) in [5.41, 5.74) is 0.844. The first-order chi connectivity index (χ1) is 11.6. The van der Waals surface area contributed by atoms with Crippen LogP contribution < -0.4 is 15.0 Å². The Morgan fingerprint density at radius 2 is 1.88 bits per heavy atom. The monoisotopic (exact) mass is 332 g/mol. The van der Waals surface area contributed by atoms with Crippen molar-refractivity contribution in [3.05, 3.63) is 24.3 Å². The molecule has 5 heteroatoms. The van der Waals surface area contributed by atoms with Gasteiger partial charge in [0.2, 0.25) is 11.8 Å². The molecular formula is C19H28N2O3. The lowest BCUT2D eigenvalue weighted by molar-refractivity contribution is -0.126. The minimum atomic E-state index is -0.108. The lowest BCUT2D eigenvalue weighted by atomic mass is 9.97. The number of hydrogen-bond donors (Lipinski definition) is 1. The number of amides is 2. The largest absolute Gasteiger partial charge is 0.497 e. The minimum absolute atomic E-state index is 0.0491. The highest BCUT2D eigenvalue weighted by Gasteiger charge is 2.32. The van der Waals surface area contributed by atoms with E-state index in [-0.39, 0.29) is 23.8 Å². The molecule has 0 aromatic heterocycles. The molecule has 0 unspecified atom stereocenters. The van der Waals surface area contributed by atoms with Crippen molar-refractivity contribution < 1.29 is 14.3 Å². The van der Waals surface area contributed by atoms with Gasteiger partial charge in [0.15, 0.2) is 0 Å². The molecule has 0 aliphatic carbocycles. The highest BCUT2D eigenvalue weighted by atomic mass is 16.5. The van der Waals surface area contributed by atoms with E-state index in [0.29, 0.717) is 13.0 Å². The average Bonchev–Trinajstić information content (AvgIpc) is 2.95. The van der Waals surface area contributed by atoms with Crippen molar-refractivity contribution in [2.75, 3.05) is 18.6 Å². The maximum absolute atomic E-state index is 12.5. The van der Waals surface area contributed by atoms with Gasteiger partial charge in [-0.05, 0) is 37.1 Å². The highest BCUT2D eigenvalue weighted by Crippen LogP contribution is 2.24. The Morgan fingerprint density at radius 1 is 1.25 bits per heavy atom.